The summed E-state index contributed by atoms with van der Waals surface area (Å²) in [4.78, 5) is 19.4. The summed E-state index contributed by atoms with van der Waals surface area (Å²) >= 11 is 0. The summed E-state index contributed by atoms with van der Waals surface area (Å²) in [6.45, 7) is 10.3. The van der Waals surface area contributed by atoms with Crippen LogP contribution < -0.4 is 5.56 Å². The van der Waals surface area contributed by atoms with Crippen molar-refractivity contribution in [2.24, 2.45) is 13.0 Å². The van der Waals surface area contributed by atoms with Crippen LogP contribution in [0.2, 0.25) is 0 Å². The maximum Gasteiger partial charge on any atom is 0.253 e. The first kappa shape index (κ1) is 18.8. The van der Waals surface area contributed by atoms with Gasteiger partial charge in [0, 0.05) is 49.9 Å². The van der Waals surface area contributed by atoms with E-state index in [1.165, 1.54) is 5.69 Å². The van der Waals surface area contributed by atoms with Crippen LogP contribution in [0.15, 0.2) is 29.5 Å². The highest BCUT2D eigenvalue weighted by molar-refractivity contribution is 5.10. The first-order valence-electron chi connectivity index (χ1n) is 9.59. The van der Waals surface area contributed by atoms with E-state index in [2.05, 4.69) is 41.8 Å². The Hall–Kier alpha value is -1.95. The van der Waals surface area contributed by atoms with Crippen LogP contribution in [-0.2, 0) is 25.4 Å². The van der Waals surface area contributed by atoms with Gasteiger partial charge in [-0.05, 0) is 37.9 Å². The molecule has 0 N–H and O–H groups in total. The van der Waals surface area contributed by atoms with Crippen LogP contribution in [0.25, 0.3) is 0 Å². The van der Waals surface area contributed by atoms with E-state index in [1.807, 2.05) is 17.9 Å². The number of rotatable bonds is 5. The monoisotopic (exact) mass is 357 g/mol. The summed E-state index contributed by atoms with van der Waals surface area (Å²) in [5, 5.41) is 4.23. The zero-order chi connectivity index (χ0) is 18.7. The minimum Gasteiger partial charge on any atom is -0.303 e. The predicted octanol–water partition coefficient (Wildman–Crippen LogP) is 2.23. The summed E-state index contributed by atoms with van der Waals surface area (Å²) in [6.07, 6.45) is 6.91. The fourth-order valence-electron chi connectivity index (χ4n) is 3.56. The zero-order valence-electron chi connectivity index (χ0n) is 16.5. The van der Waals surface area contributed by atoms with Gasteiger partial charge in [0.2, 0.25) is 0 Å². The van der Waals surface area contributed by atoms with Crippen molar-refractivity contribution < 1.29 is 0 Å². The molecule has 0 radical (unpaired) electrons. The maximum absolute atomic E-state index is 12.4. The third kappa shape index (κ3) is 4.61. The first-order chi connectivity index (χ1) is 12.3. The van der Waals surface area contributed by atoms with Gasteiger partial charge in [-0.25, -0.2) is 4.98 Å². The summed E-state index contributed by atoms with van der Waals surface area (Å²) in [5.41, 5.74) is 2.13. The smallest absolute Gasteiger partial charge is 0.253 e. The average molecular weight is 358 g/mol. The van der Waals surface area contributed by atoms with E-state index < -0.39 is 0 Å². The molecule has 2 aromatic rings. The van der Waals surface area contributed by atoms with Crippen molar-refractivity contribution >= 4 is 0 Å². The molecule has 1 aliphatic heterocycles. The predicted molar refractivity (Wildman–Crippen MR) is 103 cm³/mol. The van der Waals surface area contributed by atoms with Crippen LogP contribution in [0.1, 0.15) is 45.0 Å². The number of hydrogen-bond donors (Lipinski definition) is 0. The lowest BCUT2D eigenvalue weighted by molar-refractivity contribution is 0.173. The third-order valence-corrected chi connectivity index (χ3v) is 5.42. The van der Waals surface area contributed by atoms with E-state index in [9.17, 15) is 4.79 Å². The van der Waals surface area contributed by atoms with Gasteiger partial charge in [-0.3, -0.25) is 14.0 Å². The minimum absolute atomic E-state index is 0.0727. The molecule has 0 amide bonds. The Labute approximate surface area is 155 Å². The Balaban J connectivity index is 1.50. The molecule has 1 saturated heterocycles. The zero-order valence-corrected chi connectivity index (χ0v) is 16.5. The largest absolute Gasteiger partial charge is 0.303 e. The summed E-state index contributed by atoms with van der Waals surface area (Å²) in [5.74, 6) is 0.558. The van der Waals surface area contributed by atoms with Crippen LogP contribution in [-0.4, -0.2) is 43.9 Å². The first-order valence-corrected chi connectivity index (χ1v) is 9.59. The van der Waals surface area contributed by atoms with Gasteiger partial charge >= 0.3 is 0 Å². The van der Waals surface area contributed by atoms with E-state index in [1.54, 1.807) is 17.0 Å². The van der Waals surface area contributed by atoms with Gasteiger partial charge in [-0.1, -0.05) is 20.8 Å². The third-order valence-electron chi connectivity index (χ3n) is 5.42. The van der Waals surface area contributed by atoms with Crippen molar-refractivity contribution in [2.75, 3.05) is 19.6 Å². The van der Waals surface area contributed by atoms with E-state index in [4.69, 9.17) is 0 Å². The topological polar surface area (TPSA) is 56.0 Å². The quantitative estimate of drug-likeness (QED) is 0.823. The van der Waals surface area contributed by atoms with Crippen molar-refractivity contribution in [3.63, 3.8) is 0 Å². The lowest BCUT2D eigenvalue weighted by Crippen LogP contribution is -2.37. The van der Waals surface area contributed by atoms with E-state index in [-0.39, 0.29) is 11.0 Å². The van der Waals surface area contributed by atoms with Crippen molar-refractivity contribution in [3.05, 3.63) is 46.4 Å². The van der Waals surface area contributed by atoms with E-state index >= 15 is 0 Å². The molecule has 26 heavy (non-hydrogen) atoms. The Bertz CT molecular complexity index is 778. The highest BCUT2D eigenvalue weighted by atomic mass is 16.1. The molecule has 3 heterocycles. The van der Waals surface area contributed by atoms with E-state index in [0.717, 1.165) is 51.1 Å². The second-order valence-corrected chi connectivity index (χ2v) is 8.50. The number of piperidine rings is 1. The number of aryl methyl sites for hydroxylation is 1. The van der Waals surface area contributed by atoms with Gasteiger partial charge < -0.3 is 4.90 Å². The highest BCUT2D eigenvalue weighted by Crippen LogP contribution is 2.20. The molecule has 142 valence electrons. The normalized spacial score (nSPS) is 16.9. The Morgan fingerprint density at radius 3 is 2.54 bits per heavy atom. The summed E-state index contributed by atoms with van der Waals surface area (Å²) < 4.78 is 3.73. The van der Waals surface area contributed by atoms with Crippen molar-refractivity contribution in [1.82, 2.24) is 24.2 Å². The molecular formula is C20H31N5O. The maximum atomic E-state index is 12.4. The van der Waals surface area contributed by atoms with E-state index in [0.29, 0.717) is 5.92 Å². The fourth-order valence-corrected chi connectivity index (χ4v) is 3.56. The Morgan fingerprint density at radius 1 is 1.23 bits per heavy atom. The van der Waals surface area contributed by atoms with Gasteiger partial charge in [0.25, 0.3) is 5.56 Å². The van der Waals surface area contributed by atoms with Crippen LogP contribution >= 0.6 is 0 Å². The average Bonchev–Trinajstić information content (AvgIpc) is 3.00. The molecular weight excluding hydrogens is 326 g/mol. The van der Waals surface area contributed by atoms with Gasteiger partial charge in [0.15, 0.2) is 0 Å². The SMILES string of the molecule is Cn1nccc1CCN1CCC(Cn2cnc(C(C)(C)C)cc2=O)CC1. The van der Waals surface area contributed by atoms with Crippen LogP contribution in [0.3, 0.4) is 0 Å². The lowest BCUT2D eigenvalue weighted by atomic mass is 9.92. The van der Waals surface area contributed by atoms with Crippen LogP contribution in [0, 0.1) is 5.92 Å². The Morgan fingerprint density at radius 2 is 1.96 bits per heavy atom. The molecule has 0 aromatic carbocycles. The molecule has 0 aliphatic carbocycles. The second kappa shape index (κ2) is 7.74. The highest BCUT2D eigenvalue weighted by Gasteiger charge is 2.21. The summed E-state index contributed by atoms with van der Waals surface area (Å²) in [7, 11) is 2.00. The lowest BCUT2D eigenvalue weighted by Gasteiger charge is -2.32. The second-order valence-electron chi connectivity index (χ2n) is 8.50. The van der Waals surface area contributed by atoms with Crippen molar-refractivity contribution in [3.8, 4) is 0 Å². The number of nitrogens with zero attached hydrogens (tertiary/aromatic N) is 5. The van der Waals surface area contributed by atoms with Gasteiger partial charge in [0.1, 0.15) is 0 Å². The molecule has 6 nitrogen and oxygen atoms in total. The molecule has 0 bridgehead atoms. The standard InChI is InChI=1S/C20H31N5O/c1-20(2,3)18-13-19(26)25(15-21-18)14-16-6-10-24(11-7-16)12-8-17-5-9-22-23(17)4/h5,9,13,15-16H,6-8,10-12,14H2,1-4H3. The molecule has 2 aromatic heterocycles. The van der Waals surface area contributed by atoms with Gasteiger partial charge in [-0.2, -0.15) is 5.10 Å². The fraction of sp³-hybridized carbons (Fsp3) is 0.650. The number of aromatic nitrogens is 4. The summed E-state index contributed by atoms with van der Waals surface area (Å²) in [6, 6.07) is 3.79. The van der Waals surface area contributed by atoms with Crippen LogP contribution in [0.5, 0.6) is 0 Å². The Kier molecular flexibility index (Phi) is 5.61. The van der Waals surface area contributed by atoms with Crippen LogP contribution in [0.4, 0.5) is 0 Å². The number of likely N-dealkylation sites (tertiary alicyclic amines) is 1. The minimum atomic E-state index is -0.0859. The van der Waals surface area contributed by atoms with Crippen molar-refractivity contribution in [2.45, 2.75) is 52.0 Å². The van der Waals surface area contributed by atoms with Crippen molar-refractivity contribution in [1.29, 1.82) is 0 Å². The number of hydrogen-bond acceptors (Lipinski definition) is 4. The molecule has 3 rings (SSSR count). The molecule has 0 atom stereocenters. The molecule has 0 unspecified atom stereocenters. The molecule has 0 saturated carbocycles. The molecule has 6 heteroatoms. The van der Waals surface area contributed by atoms with Gasteiger partial charge in [0.05, 0.1) is 12.0 Å². The molecule has 1 fully saturated rings. The molecule has 0 spiro atoms. The van der Waals surface area contributed by atoms with Gasteiger partial charge in [-0.15, -0.1) is 0 Å². The molecule has 1 aliphatic rings.